The quantitative estimate of drug-likeness (QED) is 0.158. The summed E-state index contributed by atoms with van der Waals surface area (Å²) in [6, 6.07) is 14.2. The molecular formula is C25H37ClN2O3S2. The number of unbranched alkanes of at least 4 members (excludes halogenated alkanes) is 1. The van der Waals surface area contributed by atoms with Crippen LogP contribution in [0, 0.1) is 0 Å². The molecule has 0 amide bonds. The molecule has 33 heavy (non-hydrogen) atoms. The smallest absolute Gasteiger partial charge is 0.175 e. The van der Waals surface area contributed by atoms with Crippen molar-refractivity contribution in [2.24, 2.45) is 4.99 Å². The number of nitrogens with zero attached hydrogens (tertiary/aromatic N) is 2. The van der Waals surface area contributed by atoms with Gasteiger partial charge in [0.2, 0.25) is 0 Å². The molecule has 0 aliphatic rings. The zero-order valence-corrected chi connectivity index (χ0v) is 23.1. The molecule has 0 N–H and O–H groups in total. The van der Waals surface area contributed by atoms with Gasteiger partial charge in [-0.2, -0.15) is 0 Å². The Kier molecular flexibility index (Phi) is 16.7. The van der Waals surface area contributed by atoms with Gasteiger partial charge in [-0.25, -0.2) is 13.4 Å². The summed E-state index contributed by atoms with van der Waals surface area (Å²) in [5.41, 5.74) is 1.58. The summed E-state index contributed by atoms with van der Waals surface area (Å²) in [5.74, 6) is 0. The largest absolute Gasteiger partial charge is 0.385 e. The van der Waals surface area contributed by atoms with Crippen LogP contribution in [0.15, 0.2) is 68.7 Å². The number of hydrogen-bond acceptors (Lipinski definition) is 5. The van der Waals surface area contributed by atoms with Gasteiger partial charge in [-0.15, -0.1) is 0 Å². The highest BCUT2D eigenvalue weighted by Gasteiger charge is 2.08. The molecule has 184 valence electrons. The molecule has 2 aromatic rings. The van der Waals surface area contributed by atoms with Crippen molar-refractivity contribution in [2.45, 2.75) is 43.4 Å². The number of ether oxygens (including phenoxy) is 1. The van der Waals surface area contributed by atoms with E-state index in [1.807, 2.05) is 62.5 Å². The zero-order valence-electron chi connectivity index (χ0n) is 20.7. The fraction of sp³-hybridized carbons (Fsp3) is 0.400. The molecule has 5 nitrogen and oxygen atoms in total. The molecule has 0 fully saturated rings. The predicted octanol–water partition coefficient (Wildman–Crippen LogP) is 6.88. The second kappa shape index (κ2) is 17.6. The molecule has 0 saturated heterocycles. The van der Waals surface area contributed by atoms with Crippen LogP contribution < -0.4 is 0 Å². The number of halogens is 1. The second-order valence-electron chi connectivity index (χ2n) is 6.93. The van der Waals surface area contributed by atoms with E-state index in [9.17, 15) is 8.42 Å². The lowest BCUT2D eigenvalue weighted by atomic mass is 10.2. The Labute approximate surface area is 209 Å². The number of thioether (sulfide) groups is 1. The highest BCUT2D eigenvalue weighted by molar-refractivity contribution is 8.02. The fourth-order valence-electron chi connectivity index (χ4n) is 2.15. The summed E-state index contributed by atoms with van der Waals surface area (Å²) >= 11 is 7.43. The highest BCUT2D eigenvalue weighted by atomic mass is 35.5. The number of aliphatic imine (C=N–C) groups is 1. The van der Waals surface area contributed by atoms with Gasteiger partial charge in [0, 0.05) is 55.0 Å². The maximum Gasteiger partial charge on any atom is 0.175 e. The van der Waals surface area contributed by atoms with Gasteiger partial charge in [-0.3, -0.25) is 0 Å². The summed E-state index contributed by atoms with van der Waals surface area (Å²) in [6.45, 7) is 7.06. The average molecular weight is 513 g/mol. The first-order chi connectivity index (χ1) is 15.7. The zero-order chi connectivity index (χ0) is 25.3. The minimum absolute atomic E-state index is 0.289. The Balaban J connectivity index is 0.00000111. The van der Waals surface area contributed by atoms with Crippen molar-refractivity contribution in [1.82, 2.24) is 4.90 Å². The lowest BCUT2D eigenvalue weighted by Gasteiger charge is -2.07. The van der Waals surface area contributed by atoms with E-state index in [2.05, 4.69) is 11.9 Å². The normalized spacial score (nSPS) is 11.3. The molecule has 0 heterocycles. The molecule has 8 heteroatoms. The van der Waals surface area contributed by atoms with Crippen molar-refractivity contribution in [3.63, 3.8) is 0 Å². The molecule has 0 unspecified atom stereocenters. The van der Waals surface area contributed by atoms with Crippen molar-refractivity contribution in [3.8, 4) is 0 Å². The van der Waals surface area contributed by atoms with E-state index in [1.165, 1.54) is 30.9 Å². The topological polar surface area (TPSA) is 59.0 Å². The summed E-state index contributed by atoms with van der Waals surface area (Å²) < 4.78 is 28.0. The molecule has 2 aromatic carbocycles. The Hall–Kier alpha value is -1.80. The maximum atomic E-state index is 11.6. The van der Waals surface area contributed by atoms with Crippen LogP contribution in [0.25, 0.3) is 5.70 Å². The Morgan fingerprint density at radius 2 is 1.67 bits per heavy atom. The minimum Gasteiger partial charge on any atom is -0.385 e. The molecule has 0 radical (unpaired) electrons. The molecule has 0 aromatic heterocycles. The monoisotopic (exact) mass is 512 g/mol. The van der Waals surface area contributed by atoms with Crippen LogP contribution in [0.1, 0.15) is 39.2 Å². The summed E-state index contributed by atoms with van der Waals surface area (Å²) in [6.07, 6.45) is 5.32. The van der Waals surface area contributed by atoms with Gasteiger partial charge in [0.05, 0.1) is 16.9 Å². The maximum absolute atomic E-state index is 11.6. The van der Waals surface area contributed by atoms with Crippen molar-refractivity contribution in [1.29, 1.82) is 0 Å². The van der Waals surface area contributed by atoms with Crippen LogP contribution >= 0.6 is 23.4 Å². The highest BCUT2D eigenvalue weighted by Crippen LogP contribution is 2.27. The van der Waals surface area contributed by atoms with Gasteiger partial charge in [-0.05, 0) is 42.8 Å². The first-order valence-electron chi connectivity index (χ1n) is 10.8. The van der Waals surface area contributed by atoms with Crippen LogP contribution in [0.3, 0.4) is 0 Å². The summed E-state index contributed by atoms with van der Waals surface area (Å²) in [4.78, 5) is 7.65. The molecule has 2 rings (SSSR count). The number of rotatable bonds is 9. The van der Waals surface area contributed by atoms with E-state index in [0.717, 1.165) is 22.8 Å². The van der Waals surface area contributed by atoms with E-state index < -0.39 is 9.84 Å². The number of methoxy groups -OCH3 is 1. The van der Waals surface area contributed by atoms with Gasteiger partial charge in [0.15, 0.2) is 9.84 Å². The van der Waals surface area contributed by atoms with E-state index in [1.54, 1.807) is 37.7 Å². The van der Waals surface area contributed by atoms with Gasteiger partial charge in [0.1, 0.15) is 0 Å². The third-order valence-electron chi connectivity index (χ3n) is 3.83. The average Bonchev–Trinajstić information content (AvgIpc) is 2.80. The lowest BCUT2D eigenvalue weighted by molar-refractivity contribution is 0.194. The van der Waals surface area contributed by atoms with Crippen LogP contribution in [0.4, 0.5) is 0 Å². The fourth-order valence-corrected chi connectivity index (χ4v) is 3.64. The Morgan fingerprint density at radius 1 is 1.09 bits per heavy atom. The van der Waals surface area contributed by atoms with Crippen molar-refractivity contribution in [2.75, 3.05) is 34.1 Å². The third kappa shape index (κ3) is 14.1. The van der Waals surface area contributed by atoms with E-state index in [0.29, 0.717) is 5.02 Å². The molecule has 0 spiro atoms. The second-order valence-corrected chi connectivity index (χ2v) is 10.3. The Bertz CT molecular complexity index is 937. The molecule has 0 atom stereocenters. The number of sulfone groups is 1. The van der Waals surface area contributed by atoms with Crippen LogP contribution in [-0.4, -0.2) is 53.7 Å². The van der Waals surface area contributed by atoms with Crippen molar-refractivity contribution >= 4 is 45.2 Å². The van der Waals surface area contributed by atoms with Crippen LogP contribution in [0.2, 0.25) is 5.02 Å². The van der Waals surface area contributed by atoms with E-state index in [-0.39, 0.29) is 4.90 Å². The van der Waals surface area contributed by atoms with E-state index >= 15 is 0 Å². The van der Waals surface area contributed by atoms with E-state index in [4.69, 9.17) is 16.3 Å². The standard InChI is InChI=1S/C18H19ClN2O2S2.C5H12O.C2H6/c1-21(2)13-20-18(12-24-16-8-6-15(19)7-9-16)14-4-10-17(11-5-14)25(3,22)23;1-3-4-5-6-2;1-2/h4-13H,1-3H3;3-5H2,1-2H3;1-2H3/b18-12+,20-13?;;. The first kappa shape index (κ1) is 31.2. The SMILES string of the molecule is CC.CCCCOC.CN(C)C=N/C(=C/Sc1ccc(Cl)cc1)c1ccc(S(C)(=O)=O)cc1. The minimum atomic E-state index is -3.21. The predicted molar refractivity (Wildman–Crippen MR) is 145 cm³/mol. The van der Waals surface area contributed by atoms with Crippen molar-refractivity contribution in [3.05, 3.63) is 64.5 Å². The van der Waals surface area contributed by atoms with Gasteiger partial charge in [-0.1, -0.05) is 62.7 Å². The molecule has 0 bridgehead atoms. The number of benzene rings is 2. The molecular weight excluding hydrogens is 476 g/mol. The van der Waals surface area contributed by atoms with Gasteiger partial charge < -0.3 is 9.64 Å². The third-order valence-corrected chi connectivity index (χ3v) is 6.09. The lowest BCUT2D eigenvalue weighted by Crippen LogP contribution is -2.07. The molecule has 0 aliphatic heterocycles. The van der Waals surface area contributed by atoms with Gasteiger partial charge in [0.25, 0.3) is 0 Å². The molecule has 0 aliphatic carbocycles. The summed E-state index contributed by atoms with van der Waals surface area (Å²) in [5, 5.41) is 2.62. The Morgan fingerprint density at radius 3 is 2.09 bits per heavy atom. The van der Waals surface area contributed by atoms with Crippen molar-refractivity contribution < 1.29 is 13.2 Å². The van der Waals surface area contributed by atoms with Gasteiger partial charge >= 0.3 is 0 Å². The molecule has 0 saturated carbocycles. The summed E-state index contributed by atoms with van der Waals surface area (Å²) in [7, 11) is 2.30. The van der Waals surface area contributed by atoms with Crippen LogP contribution in [0.5, 0.6) is 0 Å². The van der Waals surface area contributed by atoms with Crippen LogP contribution in [-0.2, 0) is 14.6 Å². The number of hydrogen-bond donors (Lipinski definition) is 0. The first-order valence-corrected chi connectivity index (χ1v) is 13.9.